The lowest BCUT2D eigenvalue weighted by Crippen LogP contribution is -1.98. The van der Waals surface area contributed by atoms with Crippen LogP contribution in [0, 0.1) is 0 Å². The van der Waals surface area contributed by atoms with Gasteiger partial charge in [0.05, 0.1) is 11.4 Å². The summed E-state index contributed by atoms with van der Waals surface area (Å²) in [5.74, 6) is 0.501. The smallest absolute Gasteiger partial charge is 0.227 e. The number of aromatic nitrogens is 2. The van der Waals surface area contributed by atoms with Gasteiger partial charge in [-0.05, 0) is 42.5 Å². The van der Waals surface area contributed by atoms with E-state index in [9.17, 15) is 5.11 Å². The zero-order valence-corrected chi connectivity index (χ0v) is 12.2. The molecule has 110 valence electrons. The van der Waals surface area contributed by atoms with Crippen LogP contribution < -0.4 is 11.1 Å². The average molecular weight is 313 g/mol. The van der Waals surface area contributed by atoms with E-state index in [-0.39, 0.29) is 5.75 Å². The number of nitrogens with one attached hydrogen (secondary N) is 1. The molecule has 0 aliphatic heterocycles. The van der Waals surface area contributed by atoms with Gasteiger partial charge in [0.1, 0.15) is 5.75 Å². The van der Waals surface area contributed by atoms with E-state index in [1.165, 1.54) is 6.07 Å². The van der Waals surface area contributed by atoms with Crippen LogP contribution in [-0.2, 0) is 0 Å². The Balaban J connectivity index is 1.90. The fourth-order valence-electron chi connectivity index (χ4n) is 1.99. The Hall–Kier alpha value is -2.79. The normalized spacial score (nSPS) is 10.4. The molecular formula is C16H13ClN4O. The fourth-order valence-corrected chi connectivity index (χ4v) is 2.18. The third-order valence-electron chi connectivity index (χ3n) is 3.06. The van der Waals surface area contributed by atoms with Gasteiger partial charge >= 0.3 is 0 Å². The van der Waals surface area contributed by atoms with Gasteiger partial charge in [-0.25, -0.2) is 9.97 Å². The minimum Gasteiger partial charge on any atom is -0.506 e. The molecule has 1 aromatic heterocycles. The molecule has 0 aliphatic rings. The number of nitrogens with two attached hydrogens (primary N) is 1. The molecule has 0 aliphatic carbocycles. The second-order valence-electron chi connectivity index (χ2n) is 4.67. The van der Waals surface area contributed by atoms with Crippen LogP contribution in [-0.4, -0.2) is 15.1 Å². The van der Waals surface area contributed by atoms with Crippen molar-refractivity contribution >= 4 is 28.9 Å². The molecule has 0 amide bonds. The predicted octanol–water partition coefficient (Wildman–Crippen LogP) is 3.83. The number of benzene rings is 2. The van der Waals surface area contributed by atoms with Gasteiger partial charge in [0.25, 0.3) is 0 Å². The molecule has 0 radical (unpaired) electrons. The largest absolute Gasteiger partial charge is 0.506 e. The Morgan fingerprint density at radius 1 is 1.09 bits per heavy atom. The van der Waals surface area contributed by atoms with Crippen molar-refractivity contribution in [3.05, 3.63) is 59.8 Å². The number of aromatic hydroxyl groups is 1. The molecule has 6 heteroatoms. The first-order valence-corrected chi connectivity index (χ1v) is 6.94. The van der Waals surface area contributed by atoms with Crippen LogP contribution in [0.3, 0.4) is 0 Å². The monoisotopic (exact) mass is 312 g/mol. The van der Waals surface area contributed by atoms with Gasteiger partial charge < -0.3 is 16.2 Å². The molecule has 0 saturated carbocycles. The van der Waals surface area contributed by atoms with Crippen molar-refractivity contribution in [3.8, 4) is 17.0 Å². The van der Waals surface area contributed by atoms with Crippen molar-refractivity contribution < 1.29 is 5.11 Å². The number of phenols is 1. The van der Waals surface area contributed by atoms with Gasteiger partial charge in [-0.3, -0.25) is 0 Å². The molecule has 22 heavy (non-hydrogen) atoms. The van der Waals surface area contributed by atoms with Crippen LogP contribution >= 0.6 is 11.6 Å². The van der Waals surface area contributed by atoms with Gasteiger partial charge in [-0.15, -0.1) is 0 Å². The zero-order chi connectivity index (χ0) is 15.5. The van der Waals surface area contributed by atoms with E-state index >= 15 is 0 Å². The van der Waals surface area contributed by atoms with Crippen LogP contribution in [0.5, 0.6) is 5.75 Å². The summed E-state index contributed by atoms with van der Waals surface area (Å²) in [6, 6.07) is 14.0. The van der Waals surface area contributed by atoms with Crippen LogP contribution in [0.15, 0.2) is 54.7 Å². The van der Waals surface area contributed by atoms with Gasteiger partial charge in [-0.1, -0.05) is 17.7 Å². The van der Waals surface area contributed by atoms with Crippen LogP contribution in [0.4, 0.5) is 17.3 Å². The van der Waals surface area contributed by atoms with Gasteiger partial charge in [-0.2, -0.15) is 0 Å². The average Bonchev–Trinajstić information content (AvgIpc) is 2.50. The summed E-state index contributed by atoms with van der Waals surface area (Å²) in [5, 5.41) is 13.2. The summed E-state index contributed by atoms with van der Waals surface area (Å²) in [6.45, 7) is 0. The number of halogens is 1. The van der Waals surface area contributed by atoms with E-state index in [1.807, 2.05) is 12.1 Å². The van der Waals surface area contributed by atoms with E-state index in [4.69, 9.17) is 17.3 Å². The van der Waals surface area contributed by atoms with Crippen molar-refractivity contribution in [2.75, 3.05) is 11.1 Å². The summed E-state index contributed by atoms with van der Waals surface area (Å²) in [4.78, 5) is 8.62. The summed E-state index contributed by atoms with van der Waals surface area (Å²) in [5.41, 5.74) is 8.32. The van der Waals surface area contributed by atoms with E-state index in [0.717, 1.165) is 11.3 Å². The summed E-state index contributed by atoms with van der Waals surface area (Å²) in [7, 11) is 0. The van der Waals surface area contributed by atoms with Gasteiger partial charge in [0.2, 0.25) is 5.95 Å². The number of hydrogen-bond acceptors (Lipinski definition) is 5. The lowest BCUT2D eigenvalue weighted by atomic mass is 10.1. The molecule has 4 N–H and O–H groups in total. The molecule has 2 aromatic carbocycles. The summed E-state index contributed by atoms with van der Waals surface area (Å²) < 4.78 is 0. The number of phenolic OH excluding ortho intramolecular Hbond substituents is 1. The van der Waals surface area contributed by atoms with E-state index in [0.29, 0.717) is 22.4 Å². The standard InChI is InChI=1S/C16H13ClN4O/c17-11-2-1-3-12(9-11)20-16-19-7-6-14(21-16)10-4-5-15(22)13(18)8-10/h1-9,22H,18H2,(H,19,20,21). The molecule has 0 spiro atoms. The van der Waals surface area contributed by atoms with Crippen LogP contribution in [0.1, 0.15) is 0 Å². The maximum atomic E-state index is 9.48. The molecule has 1 heterocycles. The quantitative estimate of drug-likeness (QED) is 0.505. The van der Waals surface area contributed by atoms with Crippen molar-refractivity contribution in [1.29, 1.82) is 0 Å². The van der Waals surface area contributed by atoms with Gasteiger partial charge in [0, 0.05) is 22.5 Å². The molecule has 0 bridgehead atoms. The molecule has 3 aromatic rings. The topological polar surface area (TPSA) is 84.1 Å². The minimum atomic E-state index is 0.0510. The molecule has 5 nitrogen and oxygen atoms in total. The van der Waals surface area contributed by atoms with Crippen molar-refractivity contribution in [2.24, 2.45) is 0 Å². The molecule has 0 atom stereocenters. The summed E-state index contributed by atoms with van der Waals surface area (Å²) in [6.07, 6.45) is 1.65. The first-order valence-electron chi connectivity index (χ1n) is 6.56. The third kappa shape index (κ3) is 3.10. The predicted molar refractivity (Wildman–Crippen MR) is 88.3 cm³/mol. The Morgan fingerprint density at radius 2 is 1.95 bits per heavy atom. The first-order chi connectivity index (χ1) is 10.6. The Bertz CT molecular complexity index is 823. The van der Waals surface area contributed by atoms with Crippen LogP contribution in [0.25, 0.3) is 11.3 Å². The molecular weight excluding hydrogens is 300 g/mol. The number of nitrogens with zero attached hydrogens (tertiary/aromatic N) is 2. The second kappa shape index (κ2) is 5.91. The zero-order valence-electron chi connectivity index (χ0n) is 11.5. The first kappa shape index (κ1) is 14.2. The lowest BCUT2D eigenvalue weighted by Gasteiger charge is -2.08. The number of rotatable bonds is 3. The molecule has 0 unspecified atom stereocenters. The highest BCUT2D eigenvalue weighted by Crippen LogP contribution is 2.27. The molecule has 0 fully saturated rings. The van der Waals surface area contributed by atoms with Gasteiger partial charge in [0.15, 0.2) is 0 Å². The SMILES string of the molecule is Nc1cc(-c2ccnc(Nc3cccc(Cl)c3)n2)ccc1O. The highest BCUT2D eigenvalue weighted by molar-refractivity contribution is 6.30. The highest BCUT2D eigenvalue weighted by Gasteiger charge is 2.05. The second-order valence-corrected chi connectivity index (χ2v) is 5.11. The van der Waals surface area contributed by atoms with E-state index < -0.39 is 0 Å². The van der Waals surface area contributed by atoms with Crippen molar-refractivity contribution in [2.45, 2.75) is 0 Å². The Kier molecular flexibility index (Phi) is 3.80. The maximum absolute atomic E-state index is 9.48. The minimum absolute atomic E-state index is 0.0510. The number of anilines is 3. The molecule has 3 rings (SSSR count). The van der Waals surface area contributed by atoms with Crippen molar-refractivity contribution in [3.63, 3.8) is 0 Å². The molecule has 0 saturated heterocycles. The summed E-state index contributed by atoms with van der Waals surface area (Å²) >= 11 is 5.95. The highest BCUT2D eigenvalue weighted by atomic mass is 35.5. The van der Waals surface area contributed by atoms with E-state index in [1.54, 1.807) is 36.5 Å². The Labute approximate surface area is 132 Å². The van der Waals surface area contributed by atoms with E-state index in [2.05, 4.69) is 15.3 Å². The van der Waals surface area contributed by atoms with Crippen molar-refractivity contribution in [1.82, 2.24) is 9.97 Å². The lowest BCUT2D eigenvalue weighted by molar-refractivity contribution is 0.478. The number of hydrogen-bond donors (Lipinski definition) is 3. The third-order valence-corrected chi connectivity index (χ3v) is 3.29. The maximum Gasteiger partial charge on any atom is 0.227 e. The number of nitrogen functional groups attached to an aromatic ring is 1. The fraction of sp³-hybridized carbons (Fsp3) is 0. The Morgan fingerprint density at radius 3 is 2.73 bits per heavy atom. The van der Waals surface area contributed by atoms with Crippen LogP contribution in [0.2, 0.25) is 5.02 Å².